The van der Waals surface area contributed by atoms with Gasteiger partial charge in [0.15, 0.2) is 5.76 Å². The van der Waals surface area contributed by atoms with E-state index in [0.717, 1.165) is 24.6 Å². The van der Waals surface area contributed by atoms with Gasteiger partial charge in [0, 0.05) is 11.6 Å². The molecule has 0 spiro atoms. The number of aromatic nitrogens is 1. The summed E-state index contributed by atoms with van der Waals surface area (Å²) in [5, 5.41) is 10.2. The molecule has 0 atom stereocenters. The molecule has 1 N–H and O–H groups in total. The second-order valence-electron chi connectivity index (χ2n) is 6.64. The molecule has 4 heteroatoms. The lowest BCUT2D eigenvalue weighted by molar-refractivity contribution is 0.443. The zero-order valence-electron chi connectivity index (χ0n) is 13.9. The molecule has 2 heterocycles. The lowest BCUT2D eigenvalue weighted by Crippen LogP contribution is -2.05. The number of furan rings is 1. The minimum atomic E-state index is -0.462. The van der Waals surface area contributed by atoms with Crippen LogP contribution < -0.4 is 0 Å². The van der Waals surface area contributed by atoms with Crippen molar-refractivity contribution in [3.63, 3.8) is 0 Å². The first-order valence-corrected chi connectivity index (χ1v) is 8.75. The van der Waals surface area contributed by atoms with E-state index >= 15 is 0 Å². The monoisotopic (exact) mass is 337 g/mol. The van der Waals surface area contributed by atoms with Crippen molar-refractivity contribution in [2.75, 3.05) is 0 Å². The maximum Gasteiger partial charge on any atom is 0.152 e. The standard InChI is InChI=1S/C21H20FNO2/c22-16-8-9-17(20(24)13-16)18-11-15(14-5-2-1-3-6-14)12-19(23-18)21-7-4-10-25-21/h4,7-14,24H,1-3,5-6H2. The quantitative estimate of drug-likeness (QED) is 0.647. The summed E-state index contributed by atoms with van der Waals surface area (Å²) in [4.78, 5) is 4.66. The molecule has 0 unspecified atom stereocenters. The summed E-state index contributed by atoms with van der Waals surface area (Å²) in [7, 11) is 0. The van der Waals surface area contributed by atoms with Crippen LogP contribution in [0.2, 0.25) is 0 Å². The Morgan fingerprint density at radius 2 is 1.80 bits per heavy atom. The van der Waals surface area contributed by atoms with E-state index in [1.165, 1.54) is 30.9 Å². The summed E-state index contributed by atoms with van der Waals surface area (Å²) in [6, 6.07) is 11.9. The number of hydrogen-bond donors (Lipinski definition) is 1. The van der Waals surface area contributed by atoms with E-state index in [0.29, 0.717) is 22.9 Å². The van der Waals surface area contributed by atoms with Crippen LogP contribution in [0.1, 0.15) is 43.6 Å². The lowest BCUT2D eigenvalue weighted by Gasteiger charge is -2.23. The highest BCUT2D eigenvalue weighted by Crippen LogP contribution is 2.37. The fraction of sp³-hybridized carbons (Fsp3) is 0.286. The molecule has 4 rings (SSSR count). The van der Waals surface area contributed by atoms with E-state index in [2.05, 4.69) is 11.1 Å². The molecule has 3 nitrogen and oxygen atoms in total. The first kappa shape index (κ1) is 15.9. The molecule has 0 bridgehead atoms. The third kappa shape index (κ3) is 3.29. The predicted molar refractivity (Wildman–Crippen MR) is 94.8 cm³/mol. The summed E-state index contributed by atoms with van der Waals surface area (Å²) in [5.41, 5.74) is 3.13. The fourth-order valence-electron chi connectivity index (χ4n) is 3.63. The zero-order chi connectivity index (χ0) is 17.2. The van der Waals surface area contributed by atoms with Crippen LogP contribution in [0.5, 0.6) is 5.75 Å². The van der Waals surface area contributed by atoms with Gasteiger partial charge in [-0.25, -0.2) is 9.37 Å². The molecule has 0 saturated heterocycles. The Kier molecular flexibility index (Phi) is 4.26. The van der Waals surface area contributed by atoms with Crippen LogP contribution >= 0.6 is 0 Å². The van der Waals surface area contributed by atoms with Crippen molar-refractivity contribution < 1.29 is 13.9 Å². The average Bonchev–Trinajstić information content (AvgIpc) is 3.17. The minimum absolute atomic E-state index is 0.0984. The molecule has 0 amide bonds. The van der Waals surface area contributed by atoms with Crippen LogP contribution in [0, 0.1) is 5.82 Å². The average molecular weight is 337 g/mol. The SMILES string of the molecule is Oc1cc(F)ccc1-c1cc(C2CCCCC2)cc(-c2ccco2)n1. The fourth-order valence-corrected chi connectivity index (χ4v) is 3.63. The number of aromatic hydroxyl groups is 1. The lowest BCUT2D eigenvalue weighted by atomic mass is 9.83. The van der Waals surface area contributed by atoms with Gasteiger partial charge in [-0.1, -0.05) is 19.3 Å². The van der Waals surface area contributed by atoms with Crippen molar-refractivity contribution in [2.24, 2.45) is 0 Å². The van der Waals surface area contributed by atoms with Crippen molar-refractivity contribution in [1.82, 2.24) is 4.98 Å². The van der Waals surface area contributed by atoms with Gasteiger partial charge in [-0.15, -0.1) is 0 Å². The Hall–Kier alpha value is -2.62. The van der Waals surface area contributed by atoms with Gasteiger partial charge in [0.25, 0.3) is 0 Å². The zero-order valence-corrected chi connectivity index (χ0v) is 13.9. The van der Waals surface area contributed by atoms with Gasteiger partial charge in [-0.05, 0) is 60.7 Å². The van der Waals surface area contributed by atoms with Crippen molar-refractivity contribution in [2.45, 2.75) is 38.0 Å². The first-order valence-electron chi connectivity index (χ1n) is 8.75. The van der Waals surface area contributed by atoms with Gasteiger partial charge in [0.2, 0.25) is 0 Å². The Morgan fingerprint density at radius 3 is 2.52 bits per heavy atom. The third-order valence-electron chi connectivity index (χ3n) is 4.93. The minimum Gasteiger partial charge on any atom is -0.507 e. The van der Waals surface area contributed by atoms with Gasteiger partial charge in [-0.3, -0.25) is 0 Å². The highest BCUT2D eigenvalue weighted by molar-refractivity contribution is 5.70. The summed E-state index contributed by atoms with van der Waals surface area (Å²) in [6.07, 6.45) is 7.71. The van der Waals surface area contributed by atoms with E-state index in [4.69, 9.17) is 4.42 Å². The molecule has 1 aliphatic rings. The Morgan fingerprint density at radius 1 is 1.00 bits per heavy atom. The topological polar surface area (TPSA) is 46.3 Å². The second kappa shape index (κ2) is 6.71. The molecule has 1 fully saturated rings. The third-order valence-corrected chi connectivity index (χ3v) is 4.93. The van der Waals surface area contributed by atoms with Crippen LogP contribution in [0.4, 0.5) is 4.39 Å². The van der Waals surface area contributed by atoms with Crippen LogP contribution in [0.15, 0.2) is 53.1 Å². The van der Waals surface area contributed by atoms with Crippen LogP contribution in [0.25, 0.3) is 22.7 Å². The van der Waals surface area contributed by atoms with Gasteiger partial charge in [0.05, 0.1) is 12.0 Å². The van der Waals surface area contributed by atoms with E-state index in [1.807, 2.05) is 18.2 Å². The largest absolute Gasteiger partial charge is 0.507 e. The Bertz CT molecular complexity index is 868. The molecule has 25 heavy (non-hydrogen) atoms. The summed E-state index contributed by atoms with van der Waals surface area (Å²) in [5.74, 6) is 0.627. The number of rotatable bonds is 3. The van der Waals surface area contributed by atoms with Crippen LogP contribution in [-0.2, 0) is 0 Å². The summed E-state index contributed by atoms with van der Waals surface area (Å²) in [6.45, 7) is 0. The number of phenols is 1. The van der Waals surface area contributed by atoms with E-state index in [9.17, 15) is 9.50 Å². The maximum absolute atomic E-state index is 13.3. The second-order valence-corrected chi connectivity index (χ2v) is 6.64. The summed E-state index contributed by atoms with van der Waals surface area (Å²) >= 11 is 0. The number of phenolic OH excluding ortho intramolecular Hbond substituents is 1. The summed E-state index contributed by atoms with van der Waals surface area (Å²) < 4.78 is 18.9. The van der Waals surface area contributed by atoms with Gasteiger partial charge in [0.1, 0.15) is 17.3 Å². The Balaban J connectivity index is 1.83. The molecule has 1 saturated carbocycles. The number of pyridine rings is 1. The van der Waals surface area contributed by atoms with Crippen molar-refractivity contribution >= 4 is 0 Å². The highest BCUT2D eigenvalue weighted by Gasteiger charge is 2.19. The van der Waals surface area contributed by atoms with Gasteiger partial charge >= 0.3 is 0 Å². The first-order chi connectivity index (χ1) is 12.2. The number of hydrogen-bond acceptors (Lipinski definition) is 3. The van der Waals surface area contributed by atoms with Gasteiger partial charge in [-0.2, -0.15) is 0 Å². The predicted octanol–water partition coefficient (Wildman–Crippen LogP) is 5.90. The molecule has 1 aromatic carbocycles. The molecule has 0 aliphatic heterocycles. The van der Waals surface area contributed by atoms with Gasteiger partial charge < -0.3 is 9.52 Å². The number of halogens is 1. The molecule has 0 radical (unpaired) electrons. The van der Waals surface area contributed by atoms with Crippen LogP contribution in [0.3, 0.4) is 0 Å². The van der Waals surface area contributed by atoms with E-state index in [1.54, 1.807) is 12.3 Å². The normalized spacial score (nSPS) is 15.4. The number of nitrogens with zero attached hydrogens (tertiary/aromatic N) is 1. The van der Waals surface area contributed by atoms with E-state index < -0.39 is 5.82 Å². The smallest absolute Gasteiger partial charge is 0.152 e. The molecule has 3 aromatic rings. The highest BCUT2D eigenvalue weighted by atomic mass is 19.1. The molecular formula is C21H20FNO2. The van der Waals surface area contributed by atoms with Crippen molar-refractivity contribution in [3.05, 3.63) is 60.1 Å². The number of benzene rings is 1. The van der Waals surface area contributed by atoms with Crippen LogP contribution in [-0.4, -0.2) is 10.1 Å². The molecule has 2 aromatic heterocycles. The van der Waals surface area contributed by atoms with E-state index in [-0.39, 0.29) is 5.75 Å². The maximum atomic E-state index is 13.3. The molecule has 128 valence electrons. The van der Waals surface area contributed by atoms with Crippen molar-refractivity contribution in [3.8, 4) is 28.5 Å². The molecular weight excluding hydrogens is 317 g/mol. The van der Waals surface area contributed by atoms with Crippen molar-refractivity contribution in [1.29, 1.82) is 0 Å². The Labute approximate surface area is 146 Å². The molecule has 1 aliphatic carbocycles.